The van der Waals surface area contributed by atoms with Gasteiger partial charge in [-0.25, -0.2) is 4.68 Å². The number of aromatic nitrogens is 2. The lowest BCUT2D eigenvalue weighted by atomic mass is 10.3. The first-order valence-electron chi connectivity index (χ1n) is 4.21. The second-order valence-electron chi connectivity index (χ2n) is 2.88. The summed E-state index contributed by atoms with van der Waals surface area (Å²) in [5.41, 5.74) is 1.19. The molecule has 0 radical (unpaired) electrons. The molecule has 1 aliphatic heterocycles. The number of anilines is 1. The van der Waals surface area contributed by atoms with Gasteiger partial charge >= 0.3 is 0 Å². The summed E-state index contributed by atoms with van der Waals surface area (Å²) in [5, 5.41) is 7.74. The summed E-state index contributed by atoms with van der Waals surface area (Å²) in [6, 6.07) is 2.14. The van der Waals surface area contributed by atoms with E-state index in [1.54, 1.807) is 0 Å². The van der Waals surface area contributed by atoms with Crippen molar-refractivity contribution in [1.29, 1.82) is 0 Å². The molecule has 1 aromatic heterocycles. The van der Waals surface area contributed by atoms with Crippen molar-refractivity contribution in [3.8, 4) is 0 Å². The number of fused-ring (bicyclic) bond motifs is 1. The molecular weight excluding hydrogens is 138 g/mol. The largest absolute Gasteiger partial charge is 0.370 e. The average Bonchev–Trinajstić information content (AvgIpc) is 2.46. The standard InChI is InChI=1S/C8H13N3/c1-2-7-6-8-9-4-3-5-11(8)10-7/h6,9H,2-5H2,1H3. The first kappa shape index (κ1) is 6.70. The van der Waals surface area contributed by atoms with Gasteiger partial charge in [-0.15, -0.1) is 0 Å². The van der Waals surface area contributed by atoms with Crippen LogP contribution in [0.4, 0.5) is 5.82 Å². The number of rotatable bonds is 1. The van der Waals surface area contributed by atoms with Crippen LogP contribution in [-0.4, -0.2) is 16.3 Å². The Bertz CT molecular complexity index is 228. The third kappa shape index (κ3) is 1.11. The van der Waals surface area contributed by atoms with Gasteiger partial charge < -0.3 is 5.32 Å². The highest BCUT2D eigenvalue weighted by molar-refractivity contribution is 5.38. The highest BCUT2D eigenvalue weighted by atomic mass is 15.3. The minimum absolute atomic E-state index is 1.03. The minimum atomic E-state index is 1.03. The van der Waals surface area contributed by atoms with Crippen molar-refractivity contribution in [3.63, 3.8) is 0 Å². The second kappa shape index (κ2) is 2.57. The van der Waals surface area contributed by atoms with E-state index in [4.69, 9.17) is 0 Å². The maximum Gasteiger partial charge on any atom is 0.124 e. The van der Waals surface area contributed by atoms with Crippen LogP contribution in [0, 0.1) is 0 Å². The van der Waals surface area contributed by atoms with Gasteiger partial charge in [0.1, 0.15) is 5.82 Å². The molecule has 0 saturated heterocycles. The molecule has 11 heavy (non-hydrogen) atoms. The van der Waals surface area contributed by atoms with Crippen molar-refractivity contribution in [3.05, 3.63) is 11.8 Å². The van der Waals surface area contributed by atoms with E-state index >= 15 is 0 Å². The van der Waals surface area contributed by atoms with E-state index in [1.807, 2.05) is 0 Å². The highest BCUT2D eigenvalue weighted by Gasteiger charge is 2.09. The van der Waals surface area contributed by atoms with Crippen molar-refractivity contribution in [1.82, 2.24) is 9.78 Å². The molecule has 0 amide bonds. The molecule has 0 spiro atoms. The zero-order chi connectivity index (χ0) is 7.68. The Hall–Kier alpha value is -0.990. The normalized spacial score (nSPS) is 15.7. The van der Waals surface area contributed by atoms with E-state index in [2.05, 4.69) is 28.1 Å². The second-order valence-corrected chi connectivity index (χ2v) is 2.88. The lowest BCUT2D eigenvalue weighted by molar-refractivity contribution is 0.562. The van der Waals surface area contributed by atoms with Gasteiger partial charge in [0.15, 0.2) is 0 Å². The molecule has 3 heteroatoms. The van der Waals surface area contributed by atoms with Crippen molar-refractivity contribution >= 4 is 5.82 Å². The van der Waals surface area contributed by atoms with E-state index < -0.39 is 0 Å². The van der Waals surface area contributed by atoms with Crippen LogP contribution in [0.1, 0.15) is 19.0 Å². The summed E-state index contributed by atoms with van der Waals surface area (Å²) in [4.78, 5) is 0. The molecule has 0 fully saturated rings. The summed E-state index contributed by atoms with van der Waals surface area (Å²) in [5.74, 6) is 1.19. The predicted octanol–water partition coefficient (Wildman–Crippen LogP) is 1.26. The number of aryl methyl sites for hydroxylation is 2. The zero-order valence-electron chi connectivity index (χ0n) is 6.80. The van der Waals surface area contributed by atoms with Gasteiger partial charge in [-0.05, 0) is 12.8 Å². The molecule has 1 aromatic rings. The van der Waals surface area contributed by atoms with Gasteiger partial charge in [0, 0.05) is 19.2 Å². The van der Waals surface area contributed by atoms with Gasteiger partial charge in [0.05, 0.1) is 5.69 Å². The number of hydrogen-bond donors (Lipinski definition) is 1. The van der Waals surface area contributed by atoms with Crippen molar-refractivity contribution < 1.29 is 0 Å². The van der Waals surface area contributed by atoms with Crippen LogP contribution in [-0.2, 0) is 13.0 Å². The Morgan fingerprint density at radius 3 is 3.36 bits per heavy atom. The lowest BCUT2D eigenvalue weighted by Crippen LogP contribution is -2.17. The maximum atomic E-state index is 4.42. The first-order valence-corrected chi connectivity index (χ1v) is 4.21. The Balaban J connectivity index is 2.32. The molecule has 2 rings (SSSR count). The van der Waals surface area contributed by atoms with E-state index in [-0.39, 0.29) is 0 Å². The van der Waals surface area contributed by atoms with Gasteiger partial charge in [0.25, 0.3) is 0 Å². The van der Waals surface area contributed by atoms with Crippen LogP contribution in [0.3, 0.4) is 0 Å². The van der Waals surface area contributed by atoms with Gasteiger partial charge in [-0.1, -0.05) is 6.92 Å². The lowest BCUT2D eigenvalue weighted by Gasteiger charge is -2.14. The predicted molar refractivity (Wildman–Crippen MR) is 44.7 cm³/mol. The first-order chi connectivity index (χ1) is 5.40. The van der Waals surface area contributed by atoms with Crippen molar-refractivity contribution in [2.24, 2.45) is 0 Å². The summed E-state index contributed by atoms with van der Waals surface area (Å²) in [7, 11) is 0. The minimum Gasteiger partial charge on any atom is -0.370 e. The van der Waals surface area contributed by atoms with Gasteiger partial charge in [-0.2, -0.15) is 5.10 Å². The third-order valence-electron chi connectivity index (χ3n) is 2.05. The van der Waals surface area contributed by atoms with E-state index in [0.29, 0.717) is 0 Å². The van der Waals surface area contributed by atoms with Crippen LogP contribution in [0.2, 0.25) is 0 Å². The smallest absolute Gasteiger partial charge is 0.124 e. The molecule has 0 aromatic carbocycles. The quantitative estimate of drug-likeness (QED) is 0.655. The SMILES string of the molecule is CCc1cc2n(n1)CCCN2. The Labute approximate surface area is 66.4 Å². The van der Waals surface area contributed by atoms with Crippen LogP contribution in [0.15, 0.2) is 6.07 Å². The Morgan fingerprint density at radius 1 is 1.73 bits per heavy atom. The van der Waals surface area contributed by atoms with Crippen LogP contribution < -0.4 is 5.32 Å². The molecule has 0 saturated carbocycles. The molecule has 1 N–H and O–H groups in total. The van der Waals surface area contributed by atoms with E-state index in [1.165, 1.54) is 17.9 Å². The van der Waals surface area contributed by atoms with Crippen molar-refractivity contribution in [2.75, 3.05) is 11.9 Å². The van der Waals surface area contributed by atoms with Crippen molar-refractivity contribution in [2.45, 2.75) is 26.3 Å². The van der Waals surface area contributed by atoms with Crippen LogP contribution >= 0.6 is 0 Å². The fraction of sp³-hybridized carbons (Fsp3) is 0.625. The highest BCUT2D eigenvalue weighted by Crippen LogP contribution is 2.14. The monoisotopic (exact) mass is 151 g/mol. The summed E-state index contributed by atoms with van der Waals surface area (Å²) >= 11 is 0. The van der Waals surface area contributed by atoms with E-state index in [9.17, 15) is 0 Å². The zero-order valence-corrected chi connectivity index (χ0v) is 6.80. The molecule has 0 atom stereocenters. The van der Waals surface area contributed by atoms with Crippen LogP contribution in [0.5, 0.6) is 0 Å². The summed E-state index contributed by atoms with van der Waals surface area (Å²) in [6.07, 6.45) is 2.22. The third-order valence-corrected chi connectivity index (χ3v) is 2.05. The molecular formula is C8H13N3. The van der Waals surface area contributed by atoms with Crippen LogP contribution in [0.25, 0.3) is 0 Å². The molecule has 0 bridgehead atoms. The number of hydrogen-bond acceptors (Lipinski definition) is 2. The summed E-state index contributed by atoms with van der Waals surface area (Å²) in [6.45, 7) is 4.30. The Kier molecular flexibility index (Phi) is 1.56. The topological polar surface area (TPSA) is 29.9 Å². The molecule has 3 nitrogen and oxygen atoms in total. The number of nitrogens with zero attached hydrogens (tertiary/aromatic N) is 2. The number of nitrogens with one attached hydrogen (secondary N) is 1. The average molecular weight is 151 g/mol. The molecule has 0 unspecified atom stereocenters. The molecule has 1 aliphatic rings. The Morgan fingerprint density at radius 2 is 2.64 bits per heavy atom. The maximum absolute atomic E-state index is 4.42. The molecule has 2 heterocycles. The van der Waals surface area contributed by atoms with Gasteiger partial charge in [-0.3, -0.25) is 0 Å². The summed E-state index contributed by atoms with van der Waals surface area (Å²) < 4.78 is 2.06. The van der Waals surface area contributed by atoms with Gasteiger partial charge in [0.2, 0.25) is 0 Å². The fourth-order valence-electron chi connectivity index (χ4n) is 1.40. The molecule has 0 aliphatic carbocycles. The molecule has 60 valence electrons. The fourth-order valence-corrected chi connectivity index (χ4v) is 1.40. The van der Waals surface area contributed by atoms with E-state index in [0.717, 1.165) is 19.5 Å².